The minimum atomic E-state index is -3.99. The normalized spacial score (nSPS) is 32.1. The number of rotatable bonds is 7. The smallest absolute Gasteiger partial charge is 0.408 e. The first kappa shape index (κ1) is 42.8. The van der Waals surface area contributed by atoms with Crippen molar-refractivity contribution in [2.24, 2.45) is 11.8 Å². The van der Waals surface area contributed by atoms with Gasteiger partial charge in [0.2, 0.25) is 27.7 Å². The molecule has 0 radical (unpaired) electrons. The van der Waals surface area contributed by atoms with Gasteiger partial charge >= 0.3 is 6.09 Å². The Morgan fingerprint density at radius 2 is 1.77 bits per heavy atom. The first-order valence-electron chi connectivity index (χ1n) is 23.2. The lowest BCUT2D eigenvalue weighted by atomic mass is 10.0. The summed E-state index contributed by atoms with van der Waals surface area (Å²) < 4.78 is 47.3. The standard InChI is InChI=1S/C46H62N6O9S/c1-45(20-21-45)62(57,58)50-43(55)46-28-31(46)15-7-3-2-4-9-19-36-42(54)52-29-32(27-37(52)40(53)49-46)60-41-34(17-8-5-6-14-30-26-38(30)61-44(56)48-36)39(33-16-10-11-18-35(33)47-41)59-25-24-51-22-12-13-23-51/h7,10-11,15-16,18,30-32,36-38H,2-6,8-9,12-14,17,19-29H2,1H3,(H,48,56)(H,49,53)(H,50,55)/b15-7-/t30-,31-,32-,36+,37-,38-,46-/m1/s1. The lowest BCUT2D eigenvalue weighted by Crippen LogP contribution is -2.58. The lowest BCUT2D eigenvalue weighted by molar-refractivity contribution is -0.141. The number of alkyl carbamates (subject to hydrolysis) is 1. The maximum Gasteiger partial charge on any atom is 0.408 e. The zero-order chi connectivity index (χ0) is 43.1. The molecule has 3 aliphatic carbocycles. The number of pyridine rings is 1. The number of hydrogen-bond donors (Lipinski definition) is 3. The quantitative estimate of drug-likeness (QED) is 0.317. The average molecular weight is 875 g/mol. The SMILES string of the molecule is CC1(S(=O)(=O)NC(=O)[C@@]23C[C@H]2/C=C\CCCCC[C@@H]2NC(=O)O[C@@H]4C[C@H]4CCCCCc4c(nc5ccccc5c4OCCN4CCCC4)O[C@@H]4C[C@H](C(=O)N3)N(C4)C2=O)CC1. The predicted octanol–water partition coefficient (Wildman–Crippen LogP) is 5.05. The number of hydrogen-bond acceptors (Lipinski definition) is 11. The van der Waals surface area contributed by atoms with Gasteiger partial charge < -0.3 is 29.7 Å². The molecule has 9 rings (SSSR count). The minimum absolute atomic E-state index is 0.0171. The number of amides is 4. The van der Waals surface area contributed by atoms with Gasteiger partial charge in [-0.2, -0.15) is 0 Å². The van der Waals surface area contributed by atoms with Gasteiger partial charge in [-0.3, -0.25) is 24.0 Å². The molecule has 5 fully saturated rings. The summed E-state index contributed by atoms with van der Waals surface area (Å²) in [6, 6.07) is 5.81. The van der Waals surface area contributed by atoms with Crippen LogP contribution in [0.15, 0.2) is 36.4 Å². The third kappa shape index (κ3) is 9.13. The summed E-state index contributed by atoms with van der Waals surface area (Å²) in [5.41, 5.74) is 0.0606. The van der Waals surface area contributed by atoms with E-state index in [1.807, 2.05) is 36.4 Å². The van der Waals surface area contributed by atoms with Crippen LogP contribution in [-0.2, 0) is 35.6 Å². The van der Waals surface area contributed by atoms with E-state index < -0.39 is 68.2 Å². The van der Waals surface area contributed by atoms with E-state index in [4.69, 9.17) is 19.2 Å². The monoisotopic (exact) mass is 874 g/mol. The van der Waals surface area contributed by atoms with E-state index in [1.165, 1.54) is 17.7 Å². The van der Waals surface area contributed by atoms with Gasteiger partial charge in [-0.05, 0) is 115 Å². The molecule has 1 aromatic heterocycles. The van der Waals surface area contributed by atoms with Crippen LogP contribution < -0.4 is 24.8 Å². The number of allylic oxidation sites excluding steroid dienone is 1. The predicted molar refractivity (Wildman–Crippen MR) is 231 cm³/mol. The molecule has 2 saturated heterocycles. The fourth-order valence-electron chi connectivity index (χ4n) is 9.94. The van der Waals surface area contributed by atoms with Crippen molar-refractivity contribution >= 4 is 44.7 Å². The van der Waals surface area contributed by atoms with E-state index in [-0.39, 0.29) is 31.4 Å². The first-order chi connectivity index (χ1) is 29.9. The van der Waals surface area contributed by atoms with Crippen LogP contribution in [0.1, 0.15) is 115 Å². The number of aromatic nitrogens is 1. The van der Waals surface area contributed by atoms with E-state index in [0.29, 0.717) is 56.5 Å². The highest BCUT2D eigenvalue weighted by molar-refractivity contribution is 7.91. The van der Waals surface area contributed by atoms with Crippen molar-refractivity contribution in [3.05, 3.63) is 42.0 Å². The summed E-state index contributed by atoms with van der Waals surface area (Å²) in [5, 5.41) is 6.74. The van der Waals surface area contributed by atoms with Crippen molar-refractivity contribution in [2.75, 3.05) is 32.8 Å². The molecule has 3 saturated carbocycles. The molecule has 15 nitrogen and oxygen atoms in total. The van der Waals surface area contributed by atoms with Gasteiger partial charge in [-0.1, -0.05) is 50.0 Å². The average Bonchev–Trinajstić information content (AvgIpc) is 4.19. The molecule has 3 N–H and O–H groups in total. The zero-order valence-electron chi connectivity index (χ0n) is 35.9. The topological polar surface area (TPSA) is 186 Å². The van der Waals surface area contributed by atoms with E-state index in [0.717, 1.165) is 81.3 Å². The van der Waals surface area contributed by atoms with Crippen LogP contribution in [0.4, 0.5) is 4.79 Å². The van der Waals surface area contributed by atoms with Crippen molar-refractivity contribution in [1.29, 1.82) is 0 Å². The number of para-hydroxylation sites is 1. The van der Waals surface area contributed by atoms with Gasteiger partial charge in [0, 0.05) is 24.3 Å². The van der Waals surface area contributed by atoms with Crippen molar-refractivity contribution in [3.8, 4) is 11.6 Å². The number of nitrogens with zero attached hydrogens (tertiary/aromatic N) is 3. The van der Waals surface area contributed by atoms with E-state index >= 15 is 0 Å². The van der Waals surface area contributed by atoms with E-state index in [9.17, 15) is 27.6 Å². The number of nitrogens with one attached hydrogen (secondary N) is 3. The molecule has 4 aliphatic heterocycles. The van der Waals surface area contributed by atoms with Crippen molar-refractivity contribution in [2.45, 2.75) is 151 Å². The Morgan fingerprint density at radius 3 is 2.60 bits per heavy atom. The summed E-state index contributed by atoms with van der Waals surface area (Å²) in [4.78, 5) is 65.9. The van der Waals surface area contributed by atoms with Crippen LogP contribution in [0.2, 0.25) is 0 Å². The molecule has 0 spiro atoms. The van der Waals surface area contributed by atoms with Gasteiger partial charge in [-0.25, -0.2) is 18.2 Å². The van der Waals surface area contributed by atoms with Crippen LogP contribution in [0.3, 0.4) is 0 Å². The van der Waals surface area contributed by atoms with Crippen LogP contribution in [-0.4, -0.2) is 114 Å². The van der Waals surface area contributed by atoms with Gasteiger partial charge in [0.05, 0.1) is 22.4 Å². The number of carbonyl (C=O) groups is 4. The number of benzene rings is 1. The summed E-state index contributed by atoms with van der Waals surface area (Å²) in [6.07, 6.45) is 14.4. The van der Waals surface area contributed by atoms with Crippen molar-refractivity contribution in [1.82, 2.24) is 30.1 Å². The van der Waals surface area contributed by atoms with Crippen molar-refractivity contribution < 1.29 is 41.8 Å². The number of ether oxygens (including phenoxy) is 3. The zero-order valence-corrected chi connectivity index (χ0v) is 36.7. The van der Waals surface area contributed by atoms with Crippen molar-refractivity contribution in [3.63, 3.8) is 0 Å². The van der Waals surface area contributed by atoms with E-state index in [1.54, 1.807) is 6.92 Å². The Labute approximate surface area is 364 Å². The second kappa shape index (κ2) is 17.6. The molecule has 3 bridgehead atoms. The molecule has 16 heteroatoms. The van der Waals surface area contributed by atoms with Gasteiger partial charge in [-0.15, -0.1) is 0 Å². The maximum absolute atomic E-state index is 14.8. The number of fused-ring (bicyclic) bond motifs is 6. The number of likely N-dealkylation sites (tertiary alicyclic amines) is 1. The summed E-state index contributed by atoms with van der Waals surface area (Å²) >= 11 is 0. The largest absolute Gasteiger partial charge is 0.491 e. The van der Waals surface area contributed by atoms with Gasteiger partial charge in [0.25, 0.3) is 5.91 Å². The molecule has 0 unspecified atom stereocenters. The minimum Gasteiger partial charge on any atom is -0.491 e. The van der Waals surface area contributed by atoms with Gasteiger partial charge in [0.1, 0.15) is 42.2 Å². The lowest BCUT2D eigenvalue weighted by Gasteiger charge is -2.30. The summed E-state index contributed by atoms with van der Waals surface area (Å²) in [6.45, 7) is 5.07. The molecule has 7 atom stereocenters. The van der Waals surface area contributed by atoms with Crippen LogP contribution in [0, 0.1) is 11.8 Å². The third-order valence-corrected chi connectivity index (χ3v) is 16.6. The van der Waals surface area contributed by atoms with Gasteiger partial charge in [0.15, 0.2) is 0 Å². The Kier molecular flexibility index (Phi) is 12.2. The molecule has 7 aliphatic rings. The Bertz CT molecular complexity index is 2190. The molecular formula is C46H62N6O9S. The number of sulfonamides is 1. The van der Waals surface area contributed by atoms with E-state index in [2.05, 4.69) is 20.3 Å². The fourth-order valence-corrected chi connectivity index (χ4v) is 11.2. The van der Waals surface area contributed by atoms with Crippen LogP contribution in [0.25, 0.3) is 10.9 Å². The first-order valence-corrected chi connectivity index (χ1v) is 24.7. The molecule has 5 heterocycles. The highest BCUT2D eigenvalue weighted by Gasteiger charge is 2.63. The molecule has 336 valence electrons. The third-order valence-electron chi connectivity index (χ3n) is 14.4. The Balaban J connectivity index is 1.05. The van der Waals surface area contributed by atoms with Crippen LogP contribution >= 0.6 is 0 Å². The van der Waals surface area contributed by atoms with Crippen LogP contribution in [0.5, 0.6) is 11.6 Å². The molecule has 62 heavy (non-hydrogen) atoms. The molecular weight excluding hydrogens is 813 g/mol. The second-order valence-corrected chi connectivity index (χ2v) is 21.3. The highest BCUT2D eigenvalue weighted by Crippen LogP contribution is 2.48. The molecule has 2 aromatic rings. The Morgan fingerprint density at radius 1 is 0.984 bits per heavy atom. The Hall–Kier alpha value is -4.44. The fraction of sp³-hybridized carbons (Fsp3) is 0.674. The summed E-state index contributed by atoms with van der Waals surface area (Å²) in [7, 11) is -3.99. The molecule has 4 amide bonds. The number of carbonyl (C=O) groups excluding carboxylic acids is 4. The maximum atomic E-state index is 14.8. The highest BCUT2D eigenvalue weighted by atomic mass is 32.2. The second-order valence-electron chi connectivity index (χ2n) is 19.1. The summed E-state index contributed by atoms with van der Waals surface area (Å²) in [5.74, 6) is -0.815. The molecule has 1 aromatic carbocycles.